The van der Waals surface area contributed by atoms with Gasteiger partial charge in [0.05, 0.1) is 17.6 Å². The highest BCUT2D eigenvalue weighted by Crippen LogP contribution is 2.18. The number of aromatic nitrogens is 2. The minimum Gasteiger partial charge on any atom is -0.411 e. The van der Waals surface area contributed by atoms with Gasteiger partial charge in [0.25, 0.3) is 0 Å². The van der Waals surface area contributed by atoms with E-state index >= 15 is 0 Å². The summed E-state index contributed by atoms with van der Waals surface area (Å²) in [7, 11) is 0. The first-order chi connectivity index (χ1) is 13.3. The van der Waals surface area contributed by atoms with Crippen molar-refractivity contribution in [2.45, 2.75) is 32.2 Å². The van der Waals surface area contributed by atoms with Crippen molar-refractivity contribution in [1.82, 2.24) is 9.97 Å². The van der Waals surface area contributed by atoms with Crippen LogP contribution < -0.4 is 15.5 Å². The molecule has 4 heterocycles. The van der Waals surface area contributed by atoms with Crippen LogP contribution in [-0.2, 0) is 6.54 Å². The van der Waals surface area contributed by atoms with Gasteiger partial charge in [-0.05, 0) is 49.9 Å². The quantitative estimate of drug-likeness (QED) is 0.490. The number of anilines is 2. The highest BCUT2D eigenvalue weighted by molar-refractivity contribution is 5.77. The molecule has 144 valence electrons. The molecule has 0 radical (unpaired) electrons. The molecule has 2 aromatic heterocycles. The molecule has 3 N–H and O–H groups in total. The topological polar surface area (TPSA) is 90.9 Å². The first kappa shape index (κ1) is 19.1. The van der Waals surface area contributed by atoms with Gasteiger partial charge in [-0.2, -0.15) is 0 Å². The number of rotatable bonds is 4. The second kappa shape index (κ2) is 9.87. The van der Waals surface area contributed by atoms with Crippen LogP contribution in [-0.4, -0.2) is 47.6 Å². The van der Waals surface area contributed by atoms with Crippen LogP contribution in [0.4, 0.5) is 11.6 Å². The Balaban J connectivity index is 0.000000156. The lowest BCUT2D eigenvalue weighted by molar-refractivity contribution is 0.321. The Morgan fingerprint density at radius 2 is 1.44 bits per heavy atom. The first-order valence-electron chi connectivity index (χ1n) is 9.60. The van der Waals surface area contributed by atoms with Crippen molar-refractivity contribution in [2.75, 3.05) is 36.0 Å². The number of nitrogens with zero attached hydrogens (tertiary/aromatic N) is 5. The number of nitrogens with two attached hydrogens (primary N) is 1. The van der Waals surface area contributed by atoms with Gasteiger partial charge in [-0.15, -0.1) is 0 Å². The minimum atomic E-state index is 0.529. The number of pyridine rings is 2. The predicted octanol–water partition coefficient (Wildman–Crippen LogP) is 2.63. The molecule has 2 saturated heterocycles. The SMILES string of the molecule is NCc1cccc(N2CCCC2)n1.O/N=C/c1cccc(N2CCCC2)n1. The maximum absolute atomic E-state index is 8.39. The summed E-state index contributed by atoms with van der Waals surface area (Å²) in [6, 6.07) is 11.8. The van der Waals surface area contributed by atoms with Crippen LogP contribution in [0, 0.1) is 0 Å². The molecule has 4 rings (SSSR count). The summed E-state index contributed by atoms with van der Waals surface area (Å²) in [5, 5.41) is 11.4. The zero-order valence-electron chi connectivity index (χ0n) is 15.7. The zero-order chi connectivity index (χ0) is 18.9. The first-order valence-corrected chi connectivity index (χ1v) is 9.60. The lowest BCUT2D eigenvalue weighted by Crippen LogP contribution is -2.19. The minimum absolute atomic E-state index is 0.529. The highest BCUT2D eigenvalue weighted by atomic mass is 16.4. The summed E-state index contributed by atoms with van der Waals surface area (Å²) in [5.41, 5.74) is 7.20. The van der Waals surface area contributed by atoms with Crippen LogP contribution in [0.1, 0.15) is 37.1 Å². The molecule has 0 aliphatic carbocycles. The molecule has 27 heavy (non-hydrogen) atoms. The number of hydrogen-bond acceptors (Lipinski definition) is 7. The van der Waals surface area contributed by atoms with E-state index in [4.69, 9.17) is 10.9 Å². The number of hydrogen-bond donors (Lipinski definition) is 2. The van der Waals surface area contributed by atoms with E-state index in [0.717, 1.165) is 43.5 Å². The molecule has 2 aromatic rings. The second-order valence-electron chi connectivity index (χ2n) is 6.74. The largest absolute Gasteiger partial charge is 0.411 e. The lowest BCUT2D eigenvalue weighted by atomic mass is 10.3. The fourth-order valence-corrected chi connectivity index (χ4v) is 3.40. The third-order valence-electron chi connectivity index (χ3n) is 4.81. The van der Waals surface area contributed by atoms with Gasteiger partial charge in [0.15, 0.2) is 0 Å². The summed E-state index contributed by atoms with van der Waals surface area (Å²) in [5.74, 6) is 2.06. The molecule has 0 saturated carbocycles. The normalized spacial score (nSPS) is 16.6. The maximum Gasteiger partial charge on any atom is 0.129 e. The lowest BCUT2D eigenvalue weighted by Gasteiger charge is -2.16. The third-order valence-corrected chi connectivity index (χ3v) is 4.81. The van der Waals surface area contributed by atoms with Gasteiger partial charge in [0.1, 0.15) is 11.6 Å². The predicted molar refractivity (Wildman–Crippen MR) is 109 cm³/mol. The summed E-state index contributed by atoms with van der Waals surface area (Å²) in [4.78, 5) is 13.4. The Labute approximate surface area is 160 Å². The molecular weight excluding hydrogens is 340 g/mol. The summed E-state index contributed by atoms with van der Waals surface area (Å²) in [6.07, 6.45) is 6.39. The van der Waals surface area contributed by atoms with Crippen LogP contribution in [0.3, 0.4) is 0 Å². The van der Waals surface area contributed by atoms with Crippen molar-refractivity contribution in [1.29, 1.82) is 0 Å². The van der Waals surface area contributed by atoms with Gasteiger partial charge in [-0.1, -0.05) is 17.3 Å². The van der Waals surface area contributed by atoms with E-state index in [0.29, 0.717) is 12.2 Å². The molecule has 0 amide bonds. The van der Waals surface area contributed by atoms with Gasteiger partial charge < -0.3 is 20.7 Å². The van der Waals surface area contributed by atoms with E-state index in [2.05, 4.69) is 31.0 Å². The van der Waals surface area contributed by atoms with Gasteiger partial charge in [-0.25, -0.2) is 9.97 Å². The fraction of sp³-hybridized carbons (Fsp3) is 0.450. The van der Waals surface area contributed by atoms with Crippen LogP contribution in [0.5, 0.6) is 0 Å². The van der Waals surface area contributed by atoms with E-state index < -0.39 is 0 Å². The van der Waals surface area contributed by atoms with Crippen molar-refractivity contribution < 1.29 is 5.21 Å². The molecule has 0 spiro atoms. The maximum atomic E-state index is 8.39. The standard InChI is InChI=1S/C10H13N3O.C10H15N3/c14-11-8-9-4-3-5-10(12-9)13-6-1-2-7-13;11-8-9-4-3-5-10(12-9)13-6-1-2-7-13/h3-5,8,14H,1-2,6-7H2;3-5H,1-2,6-8,11H2/b11-8+;. The molecule has 0 aromatic carbocycles. The van der Waals surface area contributed by atoms with Crippen molar-refractivity contribution in [3.8, 4) is 0 Å². The summed E-state index contributed by atoms with van der Waals surface area (Å²) < 4.78 is 0. The summed E-state index contributed by atoms with van der Waals surface area (Å²) >= 11 is 0. The summed E-state index contributed by atoms with van der Waals surface area (Å²) in [6.45, 7) is 4.96. The molecule has 2 fully saturated rings. The molecule has 2 aliphatic rings. The molecule has 7 heteroatoms. The Bertz CT molecular complexity index is 739. The zero-order valence-corrected chi connectivity index (χ0v) is 15.7. The average Bonchev–Trinajstić information content (AvgIpc) is 3.43. The van der Waals surface area contributed by atoms with E-state index in [1.54, 1.807) is 0 Å². The van der Waals surface area contributed by atoms with Gasteiger partial charge in [0, 0.05) is 32.7 Å². The Morgan fingerprint density at radius 3 is 2.00 bits per heavy atom. The highest BCUT2D eigenvalue weighted by Gasteiger charge is 2.13. The smallest absolute Gasteiger partial charge is 0.129 e. The average molecular weight is 368 g/mol. The van der Waals surface area contributed by atoms with E-state index in [-0.39, 0.29) is 0 Å². The van der Waals surface area contributed by atoms with Crippen LogP contribution in [0.15, 0.2) is 41.6 Å². The van der Waals surface area contributed by atoms with E-state index in [1.165, 1.54) is 31.9 Å². The van der Waals surface area contributed by atoms with Crippen molar-refractivity contribution in [3.63, 3.8) is 0 Å². The molecule has 0 bridgehead atoms. The third kappa shape index (κ3) is 5.40. The van der Waals surface area contributed by atoms with E-state index in [1.807, 2.05) is 30.3 Å². The Hall–Kier alpha value is -2.67. The van der Waals surface area contributed by atoms with Crippen LogP contribution in [0.2, 0.25) is 0 Å². The molecule has 0 atom stereocenters. The second-order valence-corrected chi connectivity index (χ2v) is 6.74. The van der Waals surface area contributed by atoms with Crippen LogP contribution in [0.25, 0.3) is 0 Å². The Kier molecular flexibility index (Phi) is 6.98. The van der Waals surface area contributed by atoms with Crippen LogP contribution >= 0.6 is 0 Å². The number of oxime groups is 1. The van der Waals surface area contributed by atoms with Gasteiger partial charge in [0.2, 0.25) is 0 Å². The molecule has 7 nitrogen and oxygen atoms in total. The Morgan fingerprint density at radius 1 is 0.889 bits per heavy atom. The molecule has 0 unspecified atom stereocenters. The van der Waals surface area contributed by atoms with Crippen molar-refractivity contribution >= 4 is 17.9 Å². The van der Waals surface area contributed by atoms with Crippen molar-refractivity contribution in [2.24, 2.45) is 10.9 Å². The van der Waals surface area contributed by atoms with Gasteiger partial charge in [-0.3, -0.25) is 0 Å². The van der Waals surface area contributed by atoms with Gasteiger partial charge >= 0.3 is 0 Å². The fourth-order valence-electron chi connectivity index (χ4n) is 3.40. The molecule has 2 aliphatic heterocycles. The van der Waals surface area contributed by atoms with Crippen molar-refractivity contribution in [3.05, 3.63) is 47.8 Å². The molecular formula is C20H28N6O. The van der Waals surface area contributed by atoms with E-state index in [9.17, 15) is 0 Å². The monoisotopic (exact) mass is 368 g/mol.